The Hall–Kier alpha value is 0. The standard InChI is InChI=1S/C17H32/c1-7-16-13(4)15-9-11(2)8-14(10-12(15)3)17(16,5)6/h11-16H,7-10H2,1-6H3. The minimum atomic E-state index is 0.561. The van der Waals surface area contributed by atoms with E-state index in [2.05, 4.69) is 41.5 Å². The molecule has 100 valence electrons. The van der Waals surface area contributed by atoms with Crippen LogP contribution in [-0.2, 0) is 0 Å². The summed E-state index contributed by atoms with van der Waals surface area (Å²) in [6, 6.07) is 0. The highest BCUT2D eigenvalue weighted by Crippen LogP contribution is 2.56. The molecule has 0 radical (unpaired) electrons. The van der Waals surface area contributed by atoms with E-state index in [1.54, 1.807) is 0 Å². The van der Waals surface area contributed by atoms with Gasteiger partial charge in [-0.25, -0.2) is 0 Å². The van der Waals surface area contributed by atoms with Crippen molar-refractivity contribution in [3.8, 4) is 0 Å². The molecule has 0 aromatic rings. The number of hydrogen-bond acceptors (Lipinski definition) is 0. The van der Waals surface area contributed by atoms with Crippen LogP contribution in [0.25, 0.3) is 0 Å². The molecule has 0 heterocycles. The summed E-state index contributed by atoms with van der Waals surface area (Å²) >= 11 is 0. The van der Waals surface area contributed by atoms with Crippen molar-refractivity contribution < 1.29 is 0 Å². The zero-order valence-corrected chi connectivity index (χ0v) is 12.8. The summed E-state index contributed by atoms with van der Waals surface area (Å²) in [5.41, 5.74) is 0.561. The maximum Gasteiger partial charge on any atom is -0.0295 e. The lowest BCUT2D eigenvalue weighted by atomic mass is 9.60. The zero-order valence-electron chi connectivity index (χ0n) is 12.8. The third-order valence-electron chi connectivity index (χ3n) is 6.51. The smallest absolute Gasteiger partial charge is 0.0295 e. The van der Waals surface area contributed by atoms with Crippen molar-refractivity contribution in [3.05, 3.63) is 0 Å². The van der Waals surface area contributed by atoms with Gasteiger partial charge in [-0.2, -0.15) is 0 Å². The van der Waals surface area contributed by atoms with Crippen LogP contribution in [0.5, 0.6) is 0 Å². The van der Waals surface area contributed by atoms with Crippen molar-refractivity contribution in [2.75, 3.05) is 0 Å². The minimum Gasteiger partial charge on any atom is -0.0651 e. The lowest BCUT2D eigenvalue weighted by Crippen LogP contribution is -2.38. The van der Waals surface area contributed by atoms with E-state index in [0.717, 1.165) is 35.5 Å². The Morgan fingerprint density at radius 1 is 1.00 bits per heavy atom. The highest BCUT2D eigenvalue weighted by atomic mass is 14.5. The Balaban J connectivity index is 2.39. The maximum atomic E-state index is 2.56. The zero-order chi connectivity index (χ0) is 12.8. The highest BCUT2D eigenvalue weighted by Gasteiger charge is 2.48. The second-order valence-electron chi connectivity index (χ2n) is 7.85. The average Bonchev–Trinajstić information content (AvgIpc) is 2.41. The fourth-order valence-electron chi connectivity index (χ4n) is 5.52. The van der Waals surface area contributed by atoms with Crippen molar-refractivity contribution in [1.82, 2.24) is 0 Å². The van der Waals surface area contributed by atoms with Gasteiger partial charge in [0.25, 0.3) is 0 Å². The molecule has 0 aromatic heterocycles. The summed E-state index contributed by atoms with van der Waals surface area (Å²) in [6.45, 7) is 15.1. The van der Waals surface area contributed by atoms with Gasteiger partial charge in [0.15, 0.2) is 0 Å². The van der Waals surface area contributed by atoms with Crippen molar-refractivity contribution in [2.45, 2.75) is 67.2 Å². The normalized spacial score (nSPS) is 49.8. The van der Waals surface area contributed by atoms with Gasteiger partial charge < -0.3 is 0 Å². The molecular formula is C17H32. The van der Waals surface area contributed by atoms with E-state index in [9.17, 15) is 0 Å². The Morgan fingerprint density at radius 3 is 2.24 bits per heavy atom. The number of rotatable bonds is 1. The molecule has 2 fully saturated rings. The van der Waals surface area contributed by atoms with Crippen LogP contribution in [0.3, 0.4) is 0 Å². The largest absolute Gasteiger partial charge is 0.0651 e. The predicted octanol–water partition coefficient (Wildman–Crippen LogP) is 5.38. The van der Waals surface area contributed by atoms with Crippen molar-refractivity contribution >= 4 is 0 Å². The Morgan fingerprint density at radius 2 is 1.65 bits per heavy atom. The first-order valence-corrected chi connectivity index (χ1v) is 7.87. The molecule has 2 saturated carbocycles. The van der Waals surface area contributed by atoms with Gasteiger partial charge in [-0.1, -0.05) is 48.0 Å². The lowest BCUT2D eigenvalue weighted by Gasteiger charge is -2.45. The molecule has 0 spiro atoms. The van der Waals surface area contributed by atoms with Crippen LogP contribution in [0, 0.1) is 40.9 Å². The van der Waals surface area contributed by atoms with E-state index < -0.39 is 0 Å². The predicted molar refractivity (Wildman–Crippen MR) is 75.9 cm³/mol. The van der Waals surface area contributed by atoms with Gasteiger partial charge in [0.05, 0.1) is 0 Å². The summed E-state index contributed by atoms with van der Waals surface area (Å²) < 4.78 is 0. The second kappa shape index (κ2) is 4.59. The van der Waals surface area contributed by atoms with Crippen LogP contribution in [0.2, 0.25) is 0 Å². The van der Waals surface area contributed by atoms with Crippen molar-refractivity contribution in [2.24, 2.45) is 40.9 Å². The quantitative estimate of drug-likeness (QED) is 0.573. The SMILES string of the molecule is CCC1C(C)C2CC(C)CC(CC2C)C1(C)C. The summed E-state index contributed by atoms with van der Waals surface area (Å²) in [6.07, 6.45) is 5.84. The number of fused-ring (bicyclic) bond motifs is 3. The van der Waals surface area contributed by atoms with E-state index in [1.807, 2.05) is 0 Å². The van der Waals surface area contributed by atoms with Gasteiger partial charge in [0.2, 0.25) is 0 Å². The van der Waals surface area contributed by atoms with Gasteiger partial charge in [0.1, 0.15) is 0 Å². The number of hydrogen-bond donors (Lipinski definition) is 0. The van der Waals surface area contributed by atoms with E-state index in [1.165, 1.54) is 25.7 Å². The fraction of sp³-hybridized carbons (Fsp3) is 1.00. The fourth-order valence-corrected chi connectivity index (χ4v) is 5.52. The molecule has 2 bridgehead atoms. The minimum absolute atomic E-state index is 0.561. The monoisotopic (exact) mass is 236 g/mol. The topological polar surface area (TPSA) is 0 Å². The molecule has 0 amide bonds. The third kappa shape index (κ3) is 2.17. The maximum absolute atomic E-state index is 2.56. The molecule has 0 heteroatoms. The molecule has 0 aromatic carbocycles. The van der Waals surface area contributed by atoms with Gasteiger partial charge in [-0.15, -0.1) is 0 Å². The average molecular weight is 236 g/mol. The van der Waals surface area contributed by atoms with Gasteiger partial charge in [-0.05, 0) is 60.2 Å². The first-order chi connectivity index (χ1) is 7.87. The molecule has 6 unspecified atom stereocenters. The van der Waals surface area contributed by atoms with Gasteiger partial charge >= 0.3 is 0 Å². The molecule has 0 saturated heterocycles. The van der Waals surface area contributed by atoms with E-state index in [0.29, 0.717) is 5.41 Å². The molecule has 17 heavy (non-hydrogen) atoms. The molecule has 0 aliphatic heterocycles. The molecule has 0 N–H and O–H groups in total. The lowest BCUT2D eigenvalue weighted by molar-refractivity contribution is 0.0365. The van der Waals surface area contributed by atoms with Crippen LogP contribution in [-0.4, -0.2) is 0 Å². The first-order valence-electron chi connectivity index (χ1n) is 7.87. The Kier molecular flexibility index (Phi) is 3.63. The van der Waals surface area contributed by atoms with Crippen LogP contribution in [0.15, 0.2) is 0 Å². The summed E-state index contributed by atoms with van der Waals surface area (Å²) in [7, 11) is 0. The second-order valence-corrected chi connectivity index (χ2v) is 7.85. The molecule has 6 atom stereocenters. The van der Waals surface area contributed by atoms with Crippen molar-refractivity contribution in [1.29, 1.82) is 0 Å². The molecular weight excluding hydrogens is 204 g/mol. The van der Waals surface area contributed by atoms with Crippen LogP contribution < -0.4 is 0 Å². The molecule has 2 rings (SSSR count). The third-order valence-corrected chi connectivity index (χ3v) is 6.51. The van der Waals surface area contributed by atoms with Gasteiger partial charge in [-0.3, -0.25) is 0 Å². The van der Waals surface area contributed by atoms with E-state index in [-0.39, 0.29) is 0 Å². The summed E-state index contributed by atoms with van der Waals surface area (Å²) in [4.78, 5) is 0. The summed E-state index contributed by atoms with van der Waals surface area (Å²) in [5, 5.41) is 0. The Bertz CT molecular complexity index is 265. The van der Waals surface area contributed by atoms with Crippen LogP contribution in [0.1, 0.15) is 67.2 Å². The molecule has 2 aliphatic rings. The first kappa shape index (κ1) is 13.4. The van der Waals surface area contributed by atoms with Crippen molar-refractivity contribution in [3.63, 3.8) is 0 Å². The van der Waals surface area contributed by atoms with Crippen LogP contribution >= 0.6 is 0 Å². The molecule has 2 aliphatic carbocycles. The van der Waals surface area contributed by atoms with Gasteiger partial charge in [0, 0.05) is 0 Å². The van der Waals surface area contributed by atoms with E-state index in [4.69, 9.17) is 0 Å². The summed E-state index contributed by atoms with van der Waals surface area (Å²) in [5.74, 6) is 5.73. The molecule has 0 nitrogen and oxygen atoms in total. The van der Waals surface area contributed by atoms with E-state index >= 15 is 0 Å². The Labute approximate surface area is 109 Å². The van der Waals surface area contributed by atoms with Crippen LogP contribution in [0.4, 0.5) is 0 Å². The highest BCUT2D eigenvalue weighted by molar-refractivity contribution is 4.97.